The van der Waals surface area contributed by atoms with Crippen LogP contribution in [0.1, 0.15) is 20.3 Å². The second-order valence-corrected chi connectivity index (χ2v) is 3.05. The molecule has 0 aromatic carbocycles. The van der Waals surface area contributed by atoms with Crippen LogP contribution in [0.15, 0.2) is 0 Å². The van der Waals surface area contributed by atoms with E-state index < -0.39 is 6.10 Å². The molecule has 4 nitrogen and oxygen atoms in total. The second-order valence-electron chi connectivity index (χ2n) is 3.05. The van der Waals surface area contributed by atoms with Crippen LogP contribution in [-0.4, -0.2) is 37.5 Å². The first-order valence-corrected chi connectivity index (χ1v) is 4.45. The first kappa shape index (κ1) is 12.4. The van der Waals surface area contributed by atoms with Crippen LogP contribution < -0.4 is 0 Å². The van der Waals surface area contributed by atoms with Gasteiger partial charge in [-0.25, -0.2) is 0 Å². The summed E-state index contributed by atoms with van der Waals surface area (Å²) < 4.78 is 9.52. The van der Waals surface area contributed by atoms with Crippen molar-refractivity contribution in [1.29, 1.82) is 0 Å². The van der Waals surface area contributed by atoms with E-state index in [4.69, 9.17) is 9.84 Å². The number of rotatable bonds is 6. The average molecular weight is 190 g/mol. The third-order valence-corrected chi connectivity index (χ3v) is 1.79. The van der Waals surface area contributed by atoms with Crippen molar-refractivity contribution >= 4 is 5.97 Å². The predicted octanol–water partition coefficient (Wildman–Crippen LogP) is 0.583. The van der Waals surface area contributed by atoms with E-state index in [1.165, 1.54) is 7.11 Å². The Balaban J connectivity index is 3.57. The molecule has 0 saturated heterocycles. The number of methoxy groups -OCH3 is 1. The summed E-state index contributed by atoms with van der Waals surface area (Å²) in [5.74, 6) is -0.368. The van der Waals surface area contributed by atoms with E-state index in [9.17, 15) is 4.79 Å². The molecule has 0 spiro atoms. The van der Waals surface area contributed by atoms with Gasteiger partial charge in [0, 0.05) is 7.11 Å². The molecule has 0 heterocycles. The molecular formula is C9H18O4. The number of hydrogen-bond acceptors (Lipinski definition) is 4. The molecule has 4 heteroatoms. The highest BCUT2D eigenvalue weighted by Gasteiger charge is 2.13. The van der Waals surface area contributed by atoms with E-state index in [1.54, 1.807) is 6.92 Å². The van der Waals surface area contributed by atoms with E-state index in [-0.39, 0.29) is 25.1 Å². The molecule has 2 unspecified atom stereocenters. The molecule has 0 radical (unpaired) electrons. The van der Waals surface area contributed by atoms with Gasteiger partial charge >= 0.3 is 5.97 Å². The number of esters is 1. The quantitative estimate of drug-likeness (QED) is 0.622. The standard InChI is InChI=1S/C9H18O4/c1-4-7(2)9(11)13-6-8(10)5-12-3/h7-8,10H,4-6H2,1-3H3. The number of aliphatic hydroxyl groups excluding tert-OH is 1. The Hall–Kier alpha value is -0.610. The van der Waals surface area contributed by atoms with Gasteiger partial charge in [-0.1, -0.05) is 13.8 Å². The molecule has 0 aromatic rings. The summed E-state index contributed by atoms with van der Waals surface area (Å²) in [5, 5.41) is 9.15. The Kier molecular flexibility index (Phi) is 6.54. The molecule has 0 aliphatic rings. The molecule has 0 rings (SSSR count). The Bertz CT molecular complexity index is 147. The summed E-state index contributed by atoms with van der Waals surface area (Å²) in [6.45, 7) is 3.91. The van der Waals surface area contributed by atoms with Crippen molar-refractivity contribution in [2.75, 3.05) is 20.3 Å². The van der Waals surface area contributed by atoms with Gasteiger partial charge < -0.3 is 14.6 Å². The van der Waals surface area contributed by atoms with Gasteiger partial charge in [-0.15, -0.1) is 0 Å². The maximum atomic E-state index is 11.1. The van der Waals surface area contributed by atoms with E-state index in [0.29, 0.717) is 0 Å². The van der Waals surface area contributed by atoms with Crippen molar-refractivity contribution in [3.05, 3.63) is 0 Å². The number of hydrogen-bond donors (Lipinski definition) is 1. The van der Waals surface area contributed by atoms with Crippen molar-refractivity contribution < 1.29 is 19.4 Å². The fraction of sp³-hybridized carbons (Fsp3) is 0.889. The molecule has 0 aromatic heterocycles. The molecule has 0 saturated carbocycles. The predicted molar refractivity (Wildman–Crippen MR) is 48.3 cm³/mol. The van der Waals surface area contributed by atoms with E-state index in [0.717, 1.165) is 6.42 Å². The first-order chi connectivity index (χ1) is 6.11. The lowest BCUT2D eigenvalue weighted by Gasteiger charge is -2.12. The largest absolute Gasteiger partial charge is 0.463 e. The van der Waals surface area contributed by atoms with E-state index >= 15 is 0 Å². The Morgan fingerprint density at radius 1 is 1.46 bits per heavy atom. The highest BCUT2D eigenvalue weighted by atomic mass is 16.5. The van der Waals surface area contributed by atoms with Crippen molar-refractivity contribution in [3.8, 4) is 0 Å². The molecule has 2 atom stereocenters. The lowest BCUT2D eigenvalue weighted by atomic mass is 10.1. The summed E-state index contributed by atoms with van der Waals surface area (Å²) in [5.41, 5.74) is 0. The maximum absolute atomic E-state index is 11.1. The molecule has 13 heavy (non-hydrogen) atoms. The summed E-state index contributed by atoms with van der Waals surface area (Å²) in [6.07, 6.45) is 0.0251. The van der Waals surface area contributed by atoms with Gasteiger partial charge in [-0.3, -0.25) is 4.79 Å². The number of carbonyl (C=O) groups excluding carboxylic acids is 1. The average Bonchev–Trinajstić information content (AvgIpc) is 2.13. The van der Waals surface area contributed by atoms with Crippen LogP contribution in [0, 0.1) is 5.92 Å². The van der Waals surface area contributed by atoms with Crippen LogP contribution in [0.4, 0.5) is 0 Å². The fourth-order valence-electron chi connectivity index (χ4n) is 0.728. The summed E-state index contributed by atoms with van der Waals surface area (Å²) in [6, 6.07) is 0. The zero-order chi connectivity index (χ0) is 10.3. The monoisotopic (exact) mass is 190 g/mol. The minimum atomic E-state index is -0.724. The van der Waals surface area contributed by atoms with E-state index in [1.807, 2.05) is 6.92 Å². The molecule has 0 aliphatic heterocycles. The van der Waals surface area contributed by atoms with Crippen molar-refractivity contribution in [3.63, 3.8) is 0 Å². The smallest absolute Gasteiger partial charge is 0.308 e. The second kappa shape index (κ2) is 6.86. The van der Waals surface area contributed by atoms with Crippen molar-refractivity contribution in [2.24, 2.45) is 5.92 Å². The third-order valence-electron chi connectivity index (χ3n) is 1.79. The van der Waals surface area contributed by atoms with Crippen LogP contribution in [0.2, 0.25) is 0 Å². The minimum absolute atomic E-state index is 0.0109. The minimum Gasteiger partial charge on any atom is -0.463 e. The number of carbonyl (C=O) groups is 1. The van der Waals surface area contributed by atoms with Crippen LogP contribution in [0.5, 0.6) is 0 Å². The van der Waals surface area contributed by atoms with Gasteiger partial charge in [0.1, 0.15) is 12.7 Å². The van der Waals surface area contributed by atoms with Gasteiger partial charge in [0.2, 0.25) is 0 Å². The summed E-state index contributed by atoms with van der Waals surface area (Å²) in [7, 11) is 1.49. The third kappa shape index (κ3) is 5.60. The molecule has 0 amide bonds. The van der Waals surface area contributed by atoms with Gasteiger partial charge in [-0.05, 0) is 6.42 Å². The van der Waals surface area contributed by atoms with Crippen molar-refractivity contribution in [1.82, 2.24) is 0 Å². The van der Waals surface area contributed by atoms with Crippen LogP contribution >= 0.6 is 0 Å². The van der Waals surface area contributed by atoms with Gasteiger partial charge in [0.05, 0.1) is 12.5 Å². The van der Waals surface area contributed by atoms with Crippen LogP contribution in [-0.2, 0) is 14.3 Å². The van der Waals surface area contributed by atoms with E-state index in [2.05, 4.69) is 4.74 Å². The zero-order valence-electron chi connectivity index (χ0n) is 8.45. The van der Waals surface area contributed by atoms with Gasteiger partial charge in [-0.2, -0.15) is 0 Å². The molecule has 1 N–H and O–H groups in total. The Labute approximate surface area is 78.8 Å². The normalized spacial score (nSPS) is 15.1. The lowest BCUT2D eigenvalue weighted by molar-refractivity contribution is -0.151. The number of aliphatic hydroxyl groups is 1. The lowest BCUT2D eigenvalue weighted by Crippen LogP contribution is -2.25. The van der Waals surface area contributed by atoms with Crippen LogP contribution in [0.3, 0.4) is 0 Å². The molecule has 0 aliphatic carbocycles. The zero-order valence-corrected chi connectivity index (χ0v) is 8.45. The number of ether oxygens (including phenoxy) is 2. The van der Waals surface area contributed by atoms with Gasteiger partial charge in [0.15, 0.2) is 0 Å². The van der Waals surface area contributed by atoms with Gasteiger partial charge in [0.25, 0.3) is 0 Å². The molecule has 0 bridgehead atoms. The fourth-order valence-corrected chi connectivity index (χ4v) is 0.728. The first-order valence-electron chi connectivity index (χ1n) is 4.45. The maximum Gasteiger partial charge on any atom is 0.308 e. The topological polar surface area (TPSA) is 55.8 Å². The highest BCUT2D eigenvalue weighted by Crippen LogP contribution is 2.03. The SMILES string of the molecule is CCC(C)C(=O)OCC(O)COC. The highest BCUT2D eigenvalue weighted by molar-refractivity contribution is 5.71. The molecule has 0 fully saturated rings. The molecule has 78 valence electrons. The summed E-state index contributed by atoms with van der Waals surface area (Å²) in [4.78, 5) is 11.1. The van der Waals surface area contributed by atoms with Crippen LogP contribution in [0.25, 0.3) is 0 Å². The Morgan fingerprint density at radius 2 is 2.08 bits per heavy atom. The summed E-state index contributed by atoms with van der Waals surface area (Å²) >= 11 is 0. The molecular weight excluding hydrogens is 172 g/mol. The van der Waals surface area contributed by atoms with Crippen molar-refractivity contribution in [2.45, 2.75) is 26.4 Å². The Morgan fingerprint density at radius 3 is 2.54 bits per heavy atom.